The molecule has 7 heteroatoms. The van der Waals surface area contributed by atoms with Gasteiger partial charge in [0, 0.05) is 18.1 Å². The highest BCUT2D eigenvalue weighted by molar-refractivity contribution is 9.10. The first-order valence-corrected chi connectivity index (χ1v) is 8.86. The monoisotopic (exact) mass is 418 g/mol. The molecule has 0 spiro atoms. The summed E-state index contributed by atoms with van der Waals surface area (Å²) >= 11 is 3.45. The van der Waals surface area contributed by atoms with Crippen molar-refractivity contribution in [2.24, 2.45) is 0 Å². The summed E-state index contributed by atoms with van der Waals surface area (Å²) in [6, 6.07) is 8.09. The van der Waals surface area contributed by atoms with Crippen molar-refractivity contribution in [3.63, 3.8) is 0 Å². The molecule has 1 aromatic rings. The van der Waals surface area contributed by atoms with E-state index in [1.165, 1.54) is 0 Å². The van der Waals surface area contributed by atoms with E-state index in [-0.39, 0.29) is 24.4 Å². The molecule has 2 saturated heterocycles. The lowest BCUT2D eigenvalue weighted by atomic mass is 9.90. The minimum absolute atomic E-state index is 0. The Kier molecular flexibility index (Phi) is 7.07. The fourth-order valence-corrected chi connectivity index (χ4v) is 3.60. The number of carbonyl (C=O) groups excluding carboxylic acids is 1. The molecule has 2 aliphatic heterocycles. The predicted molar refractivity (Wildman–Crippen MR) is 98.5 cm³/mol. The van der Waals surface area contributed by atoms with Crippen molar-refractivity contribution in [3.8, 4) is 0 Å². The van der Waals surface area contributed by atoms with Crippen LogP contribution in [-0.4, -0.2) is 56.3 Å². The molecule has 1 unspecified atom stereocenters. The maximum Gasteiger partial charge on any atom is 0.255 e. The molecule has 3 rings (SSSR count). The SMILES string of the molecule is COC1(C(=O)N2CCOC(c3ccc(Br)cc3)C2)CCNCC1.Cl. The number of nitrogens with zero attached hydrogens (tertiary/aromatic N) is 1. The van der Waals surface area contributed by atoms with E-state index in [1.807, 2.05) is 29.2 Å². The van der Waals surface area contributed by atoms with Crippen molar-refractivity contribution in [1.82, 2.24) is 10.2 Å². The van der Waals surface area contributed by atoms with Gasteiger partial charge in [-0.25, -0.2) is 0 Å². The second kappa shape index (κ2) is 8.63. The standard InChI is InChI=1S/C17H23BrN2O3.ClH/c1-22-17(6-8-19-9-7-17)16(21)20-10-11-23-15(12-20)13-2-4-14(18)5-3-13;/h2-5,15,19H,6-12H2,1H3;1H. The third-order valence-corrected chi connectivity index (χ3v) is 5.32. The average Bonchev–Trinajstić information content (AvgIpc) is 2.62. The Labute approximate surface area is 157 Å². The summed E-state index contributed by atoms with van der Waals surface area (Å²) in [5, 5.41) is 3.29. The number of hydrogen-bond acceptors (Lipinski definition) is 4. The molecule has 1 amide bonds. The summed E-state index contributed by atoms with van der Waals surface area (Å²) in [7, 11) is 1.65. The van der Waals surface area contributed by atoms with E-state index in [9.17, 15) is 4.79 Å². The lowest BCUT2D eigenvalue weighted by Crippen LogP contribution is -2.57. The van der Waals surface area contributed by atoms with Gasteiger partial charge in [0.2, 0.25) is 0 Å². The summed E-state index contributed by atoms with van der Waals surface area (Å²) in [5.41, 5.74) is 0.426. The molecule has 2 heterocycles. The van der Waals surface area contributed by atoms with E-state index in [1.54, 1.807) is 7.11 Å². The largest absolute Gasteiger partial charge is 0.370 e. The first kappa shape index (κ1) is 19.7. The van der Waals surface area contributed by atoms with Crippen molar-refractivity contribution >= 4 is 34.2 Å². The van der Waals surface area contributed by atoms with E-state index >= 15 is 0 Å². The number of methoxy groups -OCH3 is 1. The van der Waals surface area contributed by atoms with Crippen LogP contribution in [0.15, 0.2) is 28.7 Å². The van der Waals surface area contributed by atoms with E-state index in [0.29, 0.717) is 19.7 Å². The second-order valence-corrected chi connectivity index (χ2v) is 7.03. The zero-order chi connectivity index (χ0) is 16.3. The molecule has 134 valence electrons. The number of rotatable bonds is 3. The molecule has 1 atom stereocenters. The maximum absolute atomic E-state index is 13.0. The van der Waals surface area contributed by atoms with Crippen molar-refractivity contribution < 1.29 is 14.3 Å². The number of morpholine rings is 1. The van der Waals surface area contributed by atoms with Crippen molar-refractivity contribution in [1.29, 1.82) is 0 Å². The van der Waals surface area contributed by atoms with Gasteiger partial charge in [0.25, 0.3) is 5.91 Å². The van der Waals surface area contributed by atoms with Crippen LogP contribution in [0.2, 0.25) is 0 Å². The van der Waals surface area contributed by atoms with Crippen LogP contribution in [0.1, 0.15) is 24.5 Å². The Hall–Kier alpha value is -0.660. The summed E-state index contributed by atoms with van der Waals surface area (Å²) in [6.07, 6.45) is 1.38. The zero-order valence-corrected chi connectivity index (χ0v) is 16.2. The molecule has 2 aliphatic rings. The summed E-state index contributed by atoms with van der Waals surface area (Å²) in [4.78, 5) is 15.0. The lowest BCUT2D eigenvalue weighted by molar-refractivity contribution is -0.165. The molecule has 2 fully saturated rings. The normalized spacial score (nSPS) is 23.4. The molecule has 5 nitrogen and oxygen atoms in total. The molecule has 24 heavy (non-hydrogen) atoms. The third kappa shape index (κ3) is 4.11. The molecule has 0 saturated carbocycles. The number of nitrogens with one attached hydrogen (secondary N) is 1. The molecule has 1 aromatic carbocycles. The molecular weight excluding hydrogens is 396 g/mol. The quantitative estimate of drug-likeness (QED) is 0.818. The fraction of sp³-hybridized carbons (Fsp3) is 0.588. The van der Waals surface area contributed by atoms with Gasteiger partial charge in [-0.1, -0.05) is 28.1 Å². The van der Waals surface area contributed by atoms with Crippen molar-refractivity contribution in [2.45, 2.75) is 24.5 Å². The molecule has 0 radical (unpaired) electrons. The first-order chi connectivity index (χ1) is 11.1. The summed E-state index contributed by atoms with van der Waals surface area (Å²) in [5.74, 6) is 0.104. The third-order valence-electron chi connectivity index (χ3n) is 4.79. The van der Waals surface area contributed by atoms with Crippen LogP contribution >= 0.6 is 28.3 Å². The van der Waals surface area contributed by atoms with Gasteiger partial charge in [-0.15, -0.1) is 12.4 Å². The number of benzene rings is 1. The zero-order valence-electron chi connectivity index (χ0n) is 13.8. The minimum atomic E-state index is -0.674. The van der Waals surface area contributed by atoms with Gasteiger partial charge in [-0.05, 0) is 43.6 Å². The average molecular weight is 420 g/mol. The second-order valence-electron chi connectivity index (χ2n) is 6.11. The Balaban J connectivity index is 0.00000208. The Bertz CT molecular complexity index is 549. The lowest BCUT2D eigenvalue weighted by Gasteiger charge is -2.41. The fourth-order valence-electron chi connectivity index (χ4n) is 3.34. The highest BCUT2D eigenvalue weighted by Crippen LogP contribution is 2.29. The van der Waals surface area contributed by atoms with Crippen LogP contribution in [0.4, 0.5) is 0 Å². The van der Waals surface area contributed by atoms with Crippen LogP contribution in [0.5, 0.6) is 0 Å². The van der Waals surface area contributed by atoms with Crippen molar-refractivity contribution in [3.05, 3.63) is 34.3 Å². The van der Waals surface area contributed by atoms with Crippen LogP contribution in [0.3, 0.4) is 0 Å². The Morgan fingerprint density at radius 1 is 1.33 bits per heavy atom. The molecule has 0 bridgehead atoms. The first-order valence-electron chi connectivity index (χ1n) is 8.07. The summed E-state index contributed by atoms with van der Waals surface area (Å²) < 4.78 is 12.6. The van der Waals surface area contributed by atoms with Gasteiger partial charge in [0.15, 0.2) is 0 Å². The Morgan fingerprint density at radius 2 is 2.00 bits per heavy atom. The molecule has 0 aromatic heterocycles. The molecular formula is C17H24BrClN2O3. The number of ether oxygens (including phenoxy) is 2. The highest BCUT2D eigenvalue weighted by atomic mass is 79.9. The van der Waals surface area contributed by atoms with E-state index < -0.39 is 5.60 Å². The number of piperidine rings is 1. The highest BCUT2D eigenvalue weighted by Gasteiger charge is 2.43. The van der Waals surface area contributed by atoms with Gasteiger partial charge in [-0.2, -0.15) is 0 Å². The molecule has 0 aliphatic carbocycles. The van der Waals surface area contributed by atoms with Crippen LogP contribution < -0.4 is 5.32 Å². The van der Waals surface area contributed by atoms with Gasteiger partial charge in [0.1, 0.15) is 11.7 Å². The number of carbonyl (C=O) groups is 1. The summed E-state index contributed by atoms with van der Waals surface area (Å²) in [6.45, 7) is 3.41. The maximum atomic E-state index is 13.0. The van der Waals surface area contributed by atoms with Crippen LogP contribution in [0, 0.1) is 0 Å². The van der Waals surface area contributed by atoms with Crippen LogP contribution in [0.25, 0.3) is 0 Å². The number of halogens is 2. The van der Waals surface area contributed by atoms with Gasteiger partial charge in [0.05, 0.1) is 13.2 Å². The van der Waals surface area contributed by atoms with Crippen molar-refractivity contribution in [2.75, 3.05) is 39.9 Å². The van der Waals surface area contributed by atoms with E-state index in [2.05, 4.69) is 21.2 Å². The smallest absolute Gasteiger partial charge is 0.255 e. The molecule has 1 N–H and O–H groups in total. The number of amides is 1. The van der Waals surface area contributed by atoms with E-state index in [0.717, 1.165) is 36.0 Å². The van der Waals surface area contributed by atoms with Crippen LogP contribution in [-0.2, 0) is 14.3 Å². The van der Waals surface area contributed by atoms with Gasteiger partial charge in [-0.3, -0.25) is 4.79 Å². The Morgan fingerprint density at radius 3 is 2.62 bits per heavy atom. The topological polar surface area (TPSA) is 50.8 Å². The van der Waals surface area contributed by atoms with Gasteiger partial charge < -0.3 is 19.7 Å². The van der Waals surface area contributed by atoms with E-state index in [4.69, 9.17) is 9.47 Å². The predicted octanol–water partition coefficient (Wildman–Crippen LogP) is 2.54. The van der Waals surface area contributed by atoms with Gasteiger partial charge >= 0.3 is 0 Å². The minimum Gasteiger partial charge on any atom is -0.370 e. The number of hydrogen-bond donors (Lipinski definition) is 1.